The Bertz CT molecular complexity index is 1080. The average Bonchev–Trinajstić information content (AvgIpc) is 3.09. The van der Waals surface area contributed by atoms with Gasteiger partial charge < -0.3 is 0 Å². The van der Waals surface area contributed by atoms with Gasteiger partial charge in [-0.3, -0.25) is 9.36 Å². The summed E-state index contributed by atoms with van der Waals surface area (Å²) >= 11 is 10.7. The van der Waals surface area contributed by atoms with Gasteiger partial charge in [0.25, 0.3) is 5.91 Å². The van der Waals surface area contributed by atoms with Gasteiger partial charge in [-0.15, -0.1) is 10.2 Å². The number of hydrogen-bond acceptors (Lipinski definition) is 5. The number of carbonyl (C=O) groups is 1. The molecule has 0 aliphatic carbocycles. The molecule has 9 heteroatoms. The van der Waals surface area contributed by atoms with Crippen LogP contribution in [0, 0.1) is 0 Å². The standard InChI is InChI=1S/C21H19BrClN5OS/c1-14(2)12-28-20(16-6-8-17(22)9-7-16)26-27-21(28)30-13-19(29)25-24-11-15-4-3-5-18(23)10-15/h3-11H,1,12-13H2,2H3,(H,25,29)/b24-11-. The number of nitrogens with one attached hydrogen (secondary N) is 1. The molecule has 1 aromatic heterocycles. The van der Waals surface area contributed by atoms with E-state index in [1.54, 1.807) is 18.3 Å². The summed E-state index contributed by atoms with van der Waals surface area (Å²) in [5.74, 6) is 0.641. The minimum Gasteiger partial charge on any atom is -0.298 e. The molecule has 0 aliphatic heterocycles. The van der Waals surface area contributed by atoms with Crippen molar-refractivity contribution in [3.63, 3.8) is 0 Å². The Morgan fingerprint density at radius 3 is 2.77 bits per heavy atom. The average molecular weight is 505 g/mol. The van der Waals surface area contributed by atoms with E-state index in [4.69, 9.17) is 11.6 Å². The number of thioether (sulfide) groups is 1. The van der Waals surface area contributed by atoms with Crippen molar-refractivity contribution in [2.45, 2.75) is 18.6 Å². The van der Waals surface area contributed by atoms with E-state index in [9.17, 15) is 4.79 Å². The van der Waals surface area contributed by atoms with Crippen LogP contribution in [-0.2, 0) is 11.3 Å². The number of rotatable bonds is 8. The van der Waals surface area contributed by atoms with E-state index >= 15 is 0 Å². The largest absolute Gasteiger partial charge is 0.298 e. The number of allylic oxidation sites excluding steroid dienone is 1. The molecule has 2 aromatic carbocycles. The number of hydrazone groups is 1. The second-order valence-electron chi connectivity index (χ2n) is 6.49. The van der Waals surface area contributed by atoms with Crippen molar-refractivity contribution in [2.24, 2.45) is 5.10 Å². The quantitative estimate of drug-likeness (QED) is 0.199. The van der Waals surface area contributed by atoms with Crippen molar-refractivity contribution < 1.29 is 4.79 Å². The molecule has 0 saturated heterocycles. The van der Waals surface area contributed by atoms with Crippen LogP contribution in [0.2, 0.25) is 5.02 Å². The van der Waals surface area contributed by atoms with E-state index in [0.29, 0.717) is 16.7 Å². The summed E-state index contributed by atoms with van der Waals surface area (Å²) in [7, 11) is 0. The van der Waals surface area contributed by atoms with Gasteiger partial charge in [-0.2, -0.15) is 5.10 Å². The highest BCUT2D eigenvalue weighted by Crippen LogP contribution is 2.26. The molecule has 3 aromatic rings. The minimum absolute atomic E-state index is 0.154. The molecule has 1 N–H and O–H groups in total. The minimum atomic E-state index is -0.242. The first-order chi connectivity index (χ1) is 14.4. The van der Waals surface area contributed by atoms with E-state index < -0.39 is 0 Å². The monoisotopic (exact) mass is 503 g/mol. The van der Waals surface area contributed by atoms with Gasteiger partial charge in [-0.1, -0.05) is 75.7 Å². The Hall–Kier alpha value is -2.42. The van der Waals surface area contributed by atoms with Crippen molar-refractivity contribution >= 4 is 51.4 Å². The smallest absolute Gasteiger partial charge is 0.250 e. The van der Waals surface area contributed by atoms with E-state index in [2.05, 4.69) is 43.2 Å². The Balaban J connectivity index is 1.66. The van der Waals surface area contributed by atoms with Crippen molar-refractivity contribution in [1.82, 2.24) is 20.2 Å². The zero-order chi connectivity index (χ0) is 21.5. The Morgan fingerprint density at radius 2 is 2.07 bits per heavy atom. The molecule has 3 rings (SSSR count). The fraction of sp³-hybridized carbons (Fsp3) is 0.143. The first kappa shape index (κ1) is 22.3. The van der Waals surface area contributed by atoms with Crippen LogP contribution in [0.15, 0.2) is 75.4 Å². The van der Waals surface area contributed by atoms with E-state index in [1.165, 1.54) is 11.8 Å². The molecule has 154 valence electrons. The number of aromatic nitrogens is 3. The van der Waals surface area contributed by atoms with E-state index in [0.717, 1.165) is 27.0 Å². The molecule has 0 aliphatic rings. The van der Waals surface area contributed by atoms with Crippen LogP contribution in [-0.4, -0.2) is 32.6 Å². The lowest BCUT2D eigenvalue weighted by atomic mass is 10.2. The lowest BCUT2D eigenvalue weighted by molar-refractivity contribution is -0.118. The highest BCUT2D eigenvalue weighted by Gasteiger charge is 2.15. The second-order valence-corrected chi connectivity index (χ2v) is 8.79. The maximum absolute atomic E-state index is 12.2. The molecule has 0 spiro atoms. The molecule has 0 atom stereocenters. The molecule has 0 fully saturated rings. The van der Waals surface area contributed by atoms with Gasteiger partial charge in [-0.25, -0.2) is 5.43 Å². The third-order valence-corrected chi connectivity index (χ3v) is 5.56. The van der Waals surface area contributed by atoms with Gasteiger partial charge in [0, 0.05) is 21.6 Å². The molecule has 0 saturated carbocycles. The maximum Gasteiger partial charge on any atom is 0.250 e. The van der Waals surface area contributed by atoms with Crippen LogP contribution in [0.25, 0.3) is 11.4 Å². The lowest BCUT2D eigenvalue weighted by Gasteiger charge is -2.10. The van der Waals surface area contributed by atoms with Gasteiger partial charge in [0.15, 0.2) is 11.0 Å². The number of nitrogens with zero attached hydrogens (tertiary/aromatic N) is 4. The van der Waals surface area contributed by atoms with Crippen LogP contribution in [0.5, 0.6) is 0 Å². The van der Waals surface area contributed by atoms with Crippen LogP contribution in [0.1, 0.15) is 12.5 Å². The van der Waals surface area contributed by atoms with Crippen molar-refractivity contribution in [1.29, 1.82) is 0 Å². The zero-order valence-corrected chi connectivity index (χ0v) is 19.3. The van der Waals surface area contributed by atoms with Gasteiger partial charge in [0.1, 0.15) is 0 Å². The molecule has 6 nitrogen and oxygen atoms in total. The van der Waals surface area contributed by atoms with Crippen molar-refractivity contribution in [3.05, 3.63) is 75.7 Å². The number of hydrogen-bond donors (Lipinski definition) is 1. The van der Waals surface area contributed by atoms with Gasteiger partial charge in [0.2, 0.25) is 0 Å². The third-order valence-electron chi connectivity index (χ3n) is 3.83. The topological polar surface area (TPSA) is 72.2 Å². The number of carbonyl (C=O) groups excluding carboxylic acids is 1. The fourth-order valence-corrected chi connectivity index (χ4v) is 3.74. The normalized spacial score (nSPS) is 11.0. The highest BCUT2D eigenvalue weighted by molar-refractivity contribution is 9.10. The van der Waals surface area contributed by atoms with Crippen LogP contribution < -0.4 is 5.43 Å². The van der Waals surface area contributed by atoms with E-state index in [-0.39, 0.29) is 11.7 Å². The molecule has 0 unspecified atom stereocenters. The summed E-state index contributed by atoms with van der Waals surface area (Å²) < 4.78 is 2.94. The molecule has 1 amide bonds. The Kier molecular flexibility index (Phi) is 7.84. The number of benzene rings is 2. The van der Waals surface area contributed by atoms with Gasteiger partial charge in [-0.05, 0) is 36.8 Å². The third kappa shape index (κ3) is 6.29. The fourth-order valence-electron chi connectivity index (χ4n) is 2.55. The second kappa shape index (κ2) is 10.6. The SMILES string of the molecule is C=C(C)Cn1c(SCC(=O)N/N=C\c2cccc(Cl)c2)nnc1-c1ccc(Br)cc1. The number of halogens is 2. The summed E-state index contributed by atoms with van der Waals surface area (Å²) in [6.07, 6.45) is 1.55. The molecular formula is C21H19BrClN5OS. The Morgan fingerprint density at radius 1 is 1.30 bits per heavy atom. The molecular weight excluding hydrogens is 486 g/mol. The summed E-state index contributed by atoms with van der Waals surface area (Å²) in [5, 5.41) is 13.8. The van der Waals surface area contributed by atoms with Crippen molar-refractivity contribution in [3.8, 4) is 11.4 Å². The maximum atomic E-state index is 12.2. The first-order valence-electron chi connectivity index (χ1n) is 8.96. The number of amides is 1. The summed E-state index contributed by atoms with van der Waals surface area (Å²) in [6.45, 7) is 6.50. The molecule has 0 bridgehead atoms. The molecule has 0 radical (unpaired) electrons. The zero-order valence-electron chi connectivity index (χ0n) is 16.2. The predicted octanol–water partition coefficient (Wildman–Crippen LogP) is 5.18. The summed E-state index contributed by atoms with van der Waals surface area (Å²) in [4.78, 5) is 12.2. The molecule has 1 heterocycles. The van der Waals surface area contributed by atoms with Crippen LogP contribution in [0.3, 0.4) is 0 Å². The molecule has 30 heavy (non-hydrogen) atoms. The van der Waals surface area contributed by atoms with E-state index in [1.807, 2.05) is 47.9 Å². The van der Waals surface area contributed by atoms with Crippen LogP contribution in [0.4, 0.5) is 0 Å². The van der Waals surface area contributed by atoms with Crippen LogP contribution >= 0.6 is 39.3 Å². The summed E-state index contributed by atoms with van der Waals surface area (Å²) in [6, 6.07) is 15.0. The lowest BCUT2D eigenvalue weighted by Crippen LogP contribution is -2.20. The Labute approximate surface area is 192 Å². The first-order valence-corrected chi connectivity index (χ1v) is 11.1. The van der Waals surface area contributed by atoms with Gasteiger partial charge >= 0.3 is 0 Å². The van der Waals surface area contributed by atoms with Gasteiger partial charge in [0.05, 0.1) is 12.0 Å². The summed E-state index contributed by atoms with van der Waals surface area (Å²) in [5.41, 5.74) is 5.22. The van der Waals surface area contributed by atoms with Crippen molar-refractivity contribution in [2.75, 3.05) is 5.75 Å². The highest BCUT2D eigenvalue weighted by atomic mass is 79.9. The predicted molar refractivity (Wildman–Crippen MR) is 126 cm³/mol.